The zero-order chi connectivity index (χ0) is 12.2. The first-order valence-electron chi connectivity index (χ1n) is 5.09. The third-order valence-corrected chi connectivity index (χ3v) is 2.02. The van der Waals surface area contributed by atoms with Crippen molar-refractivity contribution in [3.8, 4) is 0 Å². The van der Waals surface area contributed by atoms with Crippen LogP contribution in [0.25, 0.3) is 0 Å². The molecule has 0 aromatic rings. The molecule has 0 heterocycles. The molecule has 0 bridgehead atoms. The highest BCUT2D eigenvalue weighted by Gasteiger charge is 1.90. The van der Waals surface area contributed by atoms with Crippen LogP contribution < -0.4 is 0 Å². The van der Waals surface area contributed by atoms with Gasteiger partial charge < -0.3 is 0 Å². The lowest BCUT2D eigenvalue weighted by Crippen LogP contribution is -1.84. The van der Waals surface area contributed by atoms with Crippen molar-refractivity contribution in [3.05, 3.63) is 23.3 Å². The van der Waals surface area contributed by atoms with E-state index in [9.17, 15) is 9.59 Å². The van der Waals surface area contributed by atoms with E-state index in [0.717, 1.165) is 18.4 Å². The van der Waals surface area contributed by atoms with Crippen LogP contribution >= 0.6 is 0 Å². The fourth-order valence-corrected chi connectivity index (χ4v) is 1.11. The predicted octanol–water partition coefficient (Wildman–Crippen LogP) is 2.33. The van der Waals surface area contributed by atoms with E-state index in [2.05, 4.69) is 9.98 Å². The molecular formula is C12H16N2O2. The number of isocyanates is 2. The summed E-state index contributed by atoms with van der Waals surface area (Å²) in [4.78, 5) is 26.6. The van der Waals surface area contributed by atoms with Crippen molar-refractivity contribution >= 4 is 12.2 Å². The number of carbonyl (C=O) groups excluding carboxylic acids is 2. The van der Waals surface area contributed by atoms with Crippen LogP contribution in [0.5, 0.6) is 0 Å². The van der Waals surface area contributed by atoms with E-state index < -0.39 is 0 Å². The number of hydrogen-bond acceptors (Lipinski definition) is 4. The fraction of sp³-hybridized carbons (Fsp3) is 0.500. The minimum atomic E-state index is 0.396. The topological polar surface area (TPSA) is 58.9 Å². The Morgan fingerprint density at radius 1 is 1.06 bits per heavy atom. The van der Waals surface area contributed by atoms with Gasteiger partial charge in [-0.15, -0.1) is 0 Å². The maximum atomic E-state index is 9.87. The molecule has 0 spiro atoms. The fourth-order valence-electron chi connectivity index (χ4n) is 1.11. The average Bonchev–Trinajstić information content (AvgIpc) is 2.26. The van der Waals surface area contributed by atoms with Gasteiger partial charge >= 0.3 is 0 Å². The largest absolute Gasteiger partial charge is 0.235 e. The van der Waals surface area contributed by atoms with Gasteiger partial charge in [0.2, 0.25) is 12.2 Å². The summed E-state index contributed by atoms with van der Waals surface area (Å²) < 4.78 is 0. The van der Waals surface area contributed by atoms with Gasteiger partial charge in [0.05, 0.1) is 13.1 Å². The molecule has 0 atom stereocenters. The van der Waals surface area contributed by atoms with Crippen LogP contribution in [-0.4, -0.2) is 25.2 Å². The van der Waals surface area contributed by atoms with Crippen molar-refractivity contribution < 1.29 is 9.59 Å². The molecule has 0 saturated heterocycles. The first kappa shape index (κ1) is 14.2. The molecule has 0 aromatic heterocycles. The minimum absolute atomic E-state index is 0.396. The second kappa shape index (κ2) is 9.78. The summed E-state index contributed by atoms with van der Waals surface area (Å²) >= 11 is 0. The van der Waals surface area contributed by atoms with Crippen molar-refractivity contribution in [3.63, 3.8) is 0 Å². The van der Waals surface area contributed by atoms with Crippen molar-refractivity contribution in [1.82, 2.24) is 0 Å². The van der Waals surface area contributed by atoms with Gasteiger partial charge in [-0.25, -0.2) is 19.6 Å². The lowest BCUT2D eigenvalue weighted by Gasteiger charge is -1.98. The van der Waals surface area contributed by atoms with Crippen LogP contribution in [0.1, 0.15) is 26.7 Å². The van der Waals surface area contributed by atoms with Crippen LogP contribution in [0.4, 0.5) is 0 Å². The van der Waals surface area contributed by atoms with Gasteiger partial charge in [0.25, 0.3) is 0 Å². The third kappa shape index (κ3) is 8.82. The third-order valence-electron chi connectivity index (χ3n) is 2.02. The van der Waals surface area contributed by atoms with Crippen LogP contribution in [0.3, 0.4) is 0 Å². The van der Waals surface area contributed by atoms with Gasteiger partial charge in [-0.2, -0.15) is 0 Å². The lowest BCUT2D eigenvalue weighted by molar-refractivity contribution is 0.563. The van der Waals surface area contributed by atoms with Crippen molar-refractivity contribution in [2.45, 2.75) is 26.7 Å². The molecule has 0 rings (SSSR count). The van der Waals surface area contributed by atoms with Crippen LogP contribution in [0.2, 0.25) is 0 Å². The predicted molar refractivity (Wildman–Crippen MR) is 62.7 cm³/mol. The zero-order valence-electron chi connectivity index (χ0n) is 9.69. The summed E-state index contributed by atoms with van der Waals surface area (Å²) in [7, 11) is 0. The minimum Gasteiger partial charge on any atom is -0.211 e. The molecule has 4 heteroatoms. The van der Waals surface area contributed by atoms with Crippen LogP contribution in [0.15, 0.2) is 33.3 Å². The zero-order valence-corrected chi connectivity index (χ0v) is 9.69. The van der Waals surface area contributed by atoms with E-state index in [1.807, 2.05) is 26.0 Å². The highest BCUT2D eigenvalue weighted by atomic mass is 16.1. The highest BCUT2D eigenvalue weighted by molar-refractivity contribution is 5.34. The maximum Gasteiger partial charge on any atom is 0.235 e. The van der Waals surface area contributed by atoms with Gasteiger partial charge in [0, 0.05) is 0 Å². The summed E-state index contributed by atoms with van der Waals surface area (Å²) in [6.45, 7) is 4.73. The number of allylic oxidation sites excluding steroid dienone is 2. The maximum absolute atomic E-state index is 9.87. The first-order valence-corrected chi connectivity index (χ1v) is 5.09. The Kier molecular flexibility index (Phi) is 8.71. The smallest absolute Gasteiger partial charge is 0.211 e. The Morgan fingerprint density at radius 2 is 1.75 bits per heavy atom. The van der Waals surface area contributed by atoms with Crippen LogP contribution in [0, 0.1) is 0 Å². The second-order valence-electron chi connectivity index (χ2n) is 3.48. The van der Waals surface area contributed by atoms with Crippen molar-refractivity contribution in [2.75, 3.05) is 13.1 Å². The second-order valence-corrected chi connectivity index (χ2v) is 3.48. The molecular weight excluding hydrogens is 204 g/mol. The molecule has 16 heavy (non-hydrogen) atoms. The molecule has 0 radical (unpaired) electrons. The lowest BCUT2D eigenvalue weighted by atomic mass is 10.1. The molecule has 0 aliphatic carbocycles. The van der Waals surface area contributed by atoms with E-state index in [4.69, 9.17) is 0 Å². The Hall–Kier alpha value is -1.76. The molecule has 86 valence electrons. The molecule has 0 saturated carbocycles. The first-order chi connectivity index (χ1) is 7.70. The van der Waals surface area contributed by atoms with Crippen molar-refractivity contribution in [2.24, 2.45) is 9.98 Å². The van der Waals surface area contributed by atoms with Gasteiger partial charge in [-0.1, -0.05) is 23.3 Å². The Labute approximate surface area is 95.5 Å². The summed E-state index contributed by atoms with van der Waals surface area (Å²) in [5, 5.41) is 0. The molecule has 0 aliphatic heterocycles. The standard InChI is InChI=1S/C12H16N2O2/c1-11(6-7-13-9-15)4-3-5-12(2)8-14-10-16/h5-6H,3-4,7-8H2,1-2H3. The van der Waals surface area contributed by atoms with Gasteiger partial charge in [0.15, 0.2) is 0 Å². The SMILES string of the molecule is CC(=CCN=C=O)CCC=C(C)CN=C=O. The monoisotopic (exact) mass is 220 g/mol. The summed E-state index contributed by atoms with van der Waals surface area (Å²) in [6, 6.07) is 0. The van der Waals surface area contributed by atoms with Crippen molar-refractivity contribution in [1.29, 1.82) is 0 Å². The molecule has 0 aliphatic rings. The van der Waals surface area contributed by atoms with Gasteiger partial charge in [-0.3, -0.25) is 0 Å². The molecule has 4 nitrogen and oxygen atoms in total. The van der Waals surface area contributed by atoms with Gasteiger partial charge in [-0.05, 0) is 26.7 Å². The number of aliphatic imine (C=N–C) groups is 2. The number of rotatable bonds is 7. The normalized spacial score (nSPS) is 11.6. The average molecular weight is 220 g/mol. The van der Waals surface area contributed by atoms with E-state index >= 15 is 0 Å². The number of hydrogen-bond donors (Lipinski definition) is 0. The molecule has 0 amide bonds. The number of nitrogens with zero attached hydrogens (tertiary/aromatic N) is 2. The highest BCUT2D eigenvalue weighted by Crippen LogP contribution is 2.06. The van der Waals surface area contributed by atoms with E-state index in [-0.39, 0.29) is 0 Å². The summed E-state index contributed by atoms with van der Waals surface area (Å²) in [6.07, 6.45) is 8.75. The van der Waals surface area contributed by atoms with E-state index in [1.165, 1.54) is 17.7 Å². The van der Waals surface area contributed by atoms with E-state index in [0.29, 0.717) is 13.1 Å². The Bertz CT molecular complexity index is 357. The molecule has 0 fully saturated rings. The Morgan fingerprint density at radius 3 is 2.38 bits per heavy atom. The quantitative estimate of drug-likeness (QED) is 0.375. The molecule has 0 unspecified atom stereocenters. The van der Waals surface area contributed by atoms with E-state index in [1.54, 1.807) is 0 Å². The summed E-state index contributed by atoms with van der Waals surface area (Å²) in [5.41, 5.74) is 2.24. The molecule has 0 aromatic carbocycles. The van der Waals surface area contributed by atoms with Gasteiger partial charge in [0.1, 0.15) is 0 Å². The molecule has 0 N–H and O–H groups in total. The summed E-state index contributed by atoms with van der Waals surface area (Å²) in [5.74, 6) is 0. The van der Waals surface area contributed by atoms with Crippen LogP contribution in [-0.2, 0) is 9.59 Å². The Balaban J connectivity index is 3.91.